The maximum atomic E-state index is 12.3. The zero-order chi connectivity index (χ0) is 17.6. The van der Waals surface area contributed by atoms with Crippen molar-refractivity contribution in [2.75, 3.05) is 0 Å². The van der Waals surface area contributed by atoms with Gasteiger partial charge in [-0.15, -0.1) is 11.8 Å². The maximum absolute atomic E-state index is 12.3. The second kappa shape index (κ2) is 8.77. The monoisotopic (exact) mass is 378 g/mol. The third-order valence-corrected chi connectivity index (χ3v) is 5.91. The summed E-state index contributed by atoms with van der Waals surface area (Å²) in [6, 6.07) is 9.76. The van der Waals surface area contributed by atoms with Crippen molar-refractivity contribution in [1.82, 2.24) is 10.5 Å². The van der Waals surface area contributed by atoms with Gasteiger partial charge < -0.3 is 9.84 Å². The first kappa shape index (κ1) is 18.3. The highest BCUT2D eigenvalue weighted by Crippen LogP contribution is 2.25. The van der Waals surface area contributed by atoms with Crippen LogP contribution in [-0.2, 0) is 10.5 Å². The average molecular weight is 379 g/mol. The Labute approximate surface area is 157 Å². The molecule has 2 aromatic rings. The molecule has 1 heterocycles. The van der Waals surface area contributed by atoms with Crippen LogP contribution in [0.2, 0.25) is 5.02 Å². The summed E-state index contributed by atoms with van der Waals surface area (Å²) in [5, 5.41) is 7.86. The zero-order valence-electron chi connectivity index (χ0n) is 14.3. The molecular weight excluding hydrogens is 356 g/mol. The molecule has 6 heteroatoms. The highest BCUT2D eigenvalue weighted by atomic mass is 35.5. The third-order valence-electron chi connectivity index (χ3n) is 4.50. The lowest BCUT2D eigenvalue weighted by Crippen LogP contribution is -2.40. The molecule has 1 amide bonds. The molecule has 1 atom stereocenters. The van der Waals surface area contributed by atoms with Crippen molar-refractivity contribution in [3.63, 3.8) is 0 Å². The molecule has 0 aliphatic heterocycles. The summed E-state index contributed by atoms with van der Waals surface area (Å²) in [7, 11) is 0. The van der Waals surface area contributed by atoms with Gasteiger partial charge in [0.05, 0.1) is 11.0 Å². The number of nitrogens with zero attached hydrogens (tertiary/aromatic N) is 1. The van der Waals surface area contributed by atoms with Gasteiger partial charge in [0.2, 0.25) is 5.91 Å². The normalized spacial score (nSPS) is 16.6. The number of hydrogen-bond donors (Lipinski definition) is 1. The average Bonchev–Trinajstić information content (AvgIpc) is 3.10. The molecule has 0 radical (unpaired) electrons. The number of carbonyl (C=O) groups is 1. The van der Waals surface area contributed by atoms with Crippen LogP contribution in [0.25, 0.3) is 11.3 Å². The number of halogens is 1. The SMILES string of the molecule is CC(SCc1cc(-c2ccc(Cl)cc2)no1)C(=O)NC1CCCCC1. The van der Waals surface area contributed by atoms with Crippen LogP contribution in [0.5, 0.6) is 0 Å². The molecule has 0 spiro atoms. The Hall–Kier alpha value is -1.46. The highest BCUT2D eigenvalue weighted by molar-refractivity contribution is 7.99. The molecule has 1 saturated carbocycles. The van der Waals surface area contributed by atoms with Gasteiger partial charge in [-0.2, -0.15) is 0 Å². The smallest absolute Gasteiger partial charge is 0.233 e. The van der Waals surface area contributed by atoms with Crippen LogP contribution in [0.4, 0.5) is 0 Å². The second-order valence-corrected chi connectivity index (χ2v) is 8.25. The Balaban J connectivity index is 1.49. The molecule has 1 unspecified atom stereocenters. The predicted octanol–water partition coefficient (Wildman–Crippen LogP) is 5.07. The van der Waals surface area contributed by atoms with E-state index in [1.165, 1.54) is 19.3 Å². The molecule has 1 fully saturated rings. The number of rotatable bonds is 6. The molecule has 1 aromatic heterocycles. The zero-order valence-corrected chi connectivity index (χ0v) is 15.9. The minimum Gasteiger partial charge on any atom is -0.360 e. The predicted molar refractivity (Wildman–Crippen MR) is 103 cm³/mol. The minimum absolute atomic E-state index is 0.106. The maximum Gasteiger partial charge on any atom is 0.233 e. The number of aromatic nitrogens is 1. The van der Waals surface area contributed by atoms with Crippen molar-refractivity contribution in [3.8, 4) is 11.3 Å². The van der Waals surface area contributed by atoms with Gasteiger partial charge in [-0.05, 0) is 31.9 Å². The molecule has 0 bridgehead atoms. The van der Waals surface area contributed by atoms with E-state index >= 15 is 0 Å². The number of hydrogen-bond acceptors (Lipinski definition) is 4. The summed E-state index contributed by atoms with van der Waals surface area (Å²) in [6.45, 7) is 1.94. The first-order valence-electron chi connectivity index (χ1n) is 8.75. The van der Waals surface area contributed by atoms with Crippen LogP contribution in [0.1, 0.15) is 44.8 Å². The Morgan fingerprint density at radius 1 is 1.32 bits per heavy atom. The van der Waals surface area contributed by atoms with Crippen molar-refractivity contribution >= 4 is 29.3 Å². The van der Waals surface area contributed by atoms with Gasteiger partial charge in [0.25, 0.3) is 0 Å². The van der Waals surface area contributed by atoms with E-state index in [1.807, 2.05) is 37.3 Å². The first-order valence-corrected chi connectivity index (χ1v) is 10.2. The lowest BCUT2D eigenvalue weighted by atomic mass is 9.95. The number of benzene rings is 1. The van der Waals surface area contributed by atoms with Crippen molar-refractivity contribution in [2.45, 2.75) is 56.1 Å². The van der Waals surface area contributed by atoms with Crippen molar-refractivity contribution in [3.05, 3.63) is 41.1 Å². The molecule has 1 aliphatic rings. The molecule has 134 valence electrons. The van der Waals surface area contributed by atoms with Gasteiger partial charge in [-0.25, -0.2) is 0 Å². The first-order chi connectivity index (χ1) is 12.1. The van der Waals surface area contributed by atoms with Crippen LogP contribution in [0, 0.1) is 0 Å². The summed E-state index contributed by atoms with van der Waals surface area (Å²) in [6.07, 6.45) is 5.94. The Morgan fingerprint density at radius 2 is 2.04 bits per heavy atom. The van der Waals surface area contributed by atoms with Crippen molar-refractivity contribution in [1.29, 1.82) is 0 Å². The topological polar surface area (TPSA) is 55.1 Å². The van der Waals surface area contributed by atoms with E-state index in [2.05, 4.69) is 10.5 Å². The van der Waals surface area contributed by atoms with Crippen LogP contribution in [0.3, 0.4) is 0 Å². The van der Waals surface area contributed by atoms with Crippen molar-refractivity contribution in [2.24, 2.45) is 0 Å². The lowest BCUT2D eigenvalue weighted by Gasteiger charge is -2.24. The molecule has 0 saturated heterocycles. The lowest BCUT2D eigenvalue weighted by molar-refractivity contribution is -0.121. The third kappa shape index (κ3) is 5.25. The fraction of sp³-hybridized carbons (Fsp3) is 0.474. The highest BCUT2D eigenvalue weighted by Gasteiger charge is 2.20. The summed E-state index contributed by atoms with van der Waals surface area (Å²) >= 11 is 7.47. The molecule has 4 nitrogen and oxygen atoms in total. The molecule has 3 rings (SSSR count). The van der Waals surface area contributed by atoms with Crippen LogP contribution < -0.4 is 5.32 Å². The molecule has 25 heavy (non-hydrogen) atoms. The molecule has 1 aromatic carbocycles. The van der Waals surface area contributed by atoms with Gasteiger partial charge in [0.1, 0.15) is 11.5 Å². The Bertz CT molecular complexity index is 696. The fourth-order valence-corrected chi connectivity index (χ4v) is 3.88. The number of amides is 1. The van der Waals surface area contributed by atoms with E-state index in [4.69, 9.17) is 16.1 Å². The Morgan fingerprint density at radius 3 is 2.76 bits per heavy atom. The quantitative estimate of drug-likeness (QED) is 0.762. The van der Waals surface area contributed by atoms with Gasteiger partial charge >= 0.3 is 0 Å². The molecule has 1 aliphatic carbocycles. The second-order valence-electron chi connectivity index (χ2n) is 6.48. The van der Waals surface area contributed by atoms with Gasteiger partial charge in [0.15, 0.2) is 0 Å². The summed E-state index contributed by atoms with van der Waals surface area (Å²) in [5.41, 5.74) is 1.75. The van der Waals surface area contributed by atoms with E-state index < -0.39 is 0 Å². The fourth-order valence-electron chi connectivity index (χ4n) is 2.99. The number of nitrogens with one attached hydrogen (secondary N) is 1. The number of thioether (sulfide) groups is 1. The van der Waals surface area contributed by atoms with Crippen LogP contribution in [-0.4, -0.2) is 22.4 Å². The Kier molecular flexibility index (Phi) is 6.43. The standard InChI is InChI=1S/C19H23ClN2O2S/c1-13(19(23)21-16-5-3-2-4-6-16)25-12-17-11-18(22-24-17)14-7-9-15(20)10-8-14/h7-11,13,16H,2-6,12H2,1H3,(H,21,23). The van der Waals surface area contributed by atoms with E-state index in [0.29, 0.717) is 16.8 Å². The van der Waals surface area contributed by atoms with E-state index in [9.17, 15) is 4.79 Å². The van der Waals surface area contributed by atoms with E-state index in [1.54, 1.807) is 11.8 Å². The van der Waals surface area contributed by atoms with E-state index in [-0.39, 0.29) is 11.2 Å². The van der Waals surface area contributed by atoms with Crippen LogP contribution in [0.15, 0.2) is 34.9 Å². The van der Waals surface area contributed by atoms with E-state index in [0.717, 1.165) is 29.9 Å². The number of carbonyl (C=O) groups excluding carboxylic acids is 1. The van der Waals surface area contributed by atoms with Gasteiger partial charge in [0, 0.05) is 22.7 Å². The molecule has 1 N–H and O–H groups in total. The molecular formula is C19H23ClN2O2S. The van der Waals surface area contributed by atoms with Crippen LogP contribution >= 0.6 is 23.4 Å². The van der Waals surface area contributed by atoms with Crippen molar-refractivity contribution < 1.29 is 9.32 Å². The van der Waals surface area contributed by atoms with Gasteiger partial charge in [-0.3, -0.25) is 4.79 Å². The summed E-state index contributed by atoms with van der Waals surface area (Å²) in [5.74, 6) is 1.52. The summed E-state index contributed by atoms with van der Waals surface area (Å²) in [4.78, 5) is 12.3. The largest absolute Gasteiger partial charge is 0.360 e. The van der Waals surface area contributed by atoms with Gasteiger partial charge in [-0.1, -0.05) is 48.2 Å². The summed E-state index contributed by atoms with van der Waals surface area (Å²) < 4.78 is 5.39. The minimum atomic E-state index is -0.106.